The summed E-state index contributed by atoms with van der Waals surface area (Å²) in [5, 5.41) is 10.5. The molecule has 212 valence electrons. The number of aromatic nitrogens is 1. The summed E-state index contributed by atoms with van der Waals surface area (Å²) in [4.78, 5) is 9.55. The first kappa shape index (κ1) is 28.4. The van der Waals surface area contributed by atoms with Crippen LogP contribution in [-0.2, 0) is 6.54 Å². The average molecular weight is 546 g/mol. The molecule has 5 nitrogen and oxygen atoms in total. The van der Waals surface area contributed by atoms with Gasteiger partial charge in [-0.25, -0.2) is 4.98 Å². The van der Waals surface area contributed by atoms with Gasteiger partial charge in [-0.2, -0.15) is 0 Å². The number of benzene rings is 2. The van der Waals surface area contributed by atoms with Crippen LogP contribution in [-0.4, -0.2) is 31.3 Å². The first-order valence-corrected chi connectivity index (χ1v) is 15.1. The first-order valence-electron chi connectivity index (χ1n) is 15.1. The molecule has 2 fully saturated rings. The molecule has 0 radical (unpaired) electrons. The molecule has 1 saturated carbocycles. The van der Waals surface area contributed by atoms with Gasteiger partial charge in [-0.15, -0.1) is 0 Å². The molecule has 2 N–H and O–H groups in total. The van der Waals surface area contributed by atoms with Gasteiger partial charge < -0.3 is 20.5 Å². The van der Waals surface area contributed by atoms with Crippen molar-refractivity contribution in [1.82, 2.24) is 10.3 Å². The van der Waals surface area contributed by atoms with Crippen molar-refractivity contribution in [3.05, 3.63) is 108 Å². The summed E-state index contributed by atoms with van der Waals surface area (Å²) in [5.41, 5.74) is 8.01. The summed E-state index contributed by atoms with van der Waals surface area (Å²) >= 11 is 0. The predicted octanol–water partition coefficient (Wildman–Crippen LogP) is 8.22. The molecule has 2 aliphatic rings. The zero-order valence-electron chi connectivity index (χ0n) is 24.4. The molecule has 1 aromatic heterocycles. The average Bonchev–Trinajstić information content (AvgIpc) is 3.58. The van der Waals surface area contributed by atoms with E-state index in [1.165, 1.54) is 68.0 Å². The SMILES string of the molecule is C=C(C1CCCCC1)N(Cc1ccc(-c2ccc(N3CCCC3)nc2)cc1)c1cccc(/C=C/C(=C/C=N)NC)c1. The summed E-state index contributed by atoms with van der Waals surface area (Å²) in [5.74, 6) is 1.61. The lowest BCUT2D eigenvalue weighted by Crippen LogP contribution is -2.27. The van der Waals surface area contributed by atoms with Gasteiger partial charge in [0.05, 0.1) is 0 Å². The number of nitrogens with one attached hydrogen (secondary N) is 2. The third-order valence-electron chi connectivity index (χ3n) is 8.42. The van der Waals surface area contributed by atoms with Gasteiger partial charge >= 0.3 is 0 Å². The topological polar surface area (TPSA) is 55.2 Å². The molecular weight excluding hydrogens is 502 g/mol. The van der Waals surface area contributed by atoms with Gasteiger partial charge in [0.2, 0.25) is 0 Å². The molecule has 3 aromatic rings. The fraction of sp³-hybridized carbons (Fsp3) is 0.333. The molecule has 2 aromatic carbocycles. The maximum absolute atomic E-state index is 7.37. The van der Waals surface area contributed by atoms with Crippen LogP contribution < -0.4 is 15.1 Å². The van der Waals surface area contributed by atoms with Crippen LogP contribution in [0.4, 0.5) is 11.5 Å². The molecule has 0 unspecified atom stereocenters. The lowest BCUT2D eigenvalue weighted by molar-refractivity contribution is 0.396. The molecule has 1 saturated heterocycles. The lowest BCUT2D eigenvalue weighted by Gasteiger charge is -2.34. The van der Waals surface area contributed by atoms with Gasteiger partial charge in [-0.3, -0.25) is 0 Å². The Bertz CT molecular complexity index is 1360. The van der Waals surface area contributed by atoms with E-state index in [0.717, 1.165) is 48.0 Å². The summed E-state index contributed by atoms with van der Waals surface area (Å²) in [7, 11) is 1.87. The number of hydrogen-bond donors (Lipinski definition) is 2. The van der Waals surface area contributed by atoms with Crippen molar-refractivity contribution in [2.24, 2.45) is 5.92 Å². The molecule has 0 bridgehead atoms. The Hall–Kier alpha value is -4.12. The molecule has 0 atom stereocenters. The lowest BCUT2D eigenvalue weighted by atomic mass is 9.86. The highest BCUT2D eigenvalue weighted by molar-refractivity contribution is 5.71. The van der Waals surface area contributed by atoms with E-state index in [0.29, 0.717) is 5.92 Å². The molecule has 0 amide bonds. The Morgan fingerprint density at radius 1 is 1.00 bits per heavy atom. The van der Waals surface area contributed by atoms with Crippen molar-refractivity contribution in [3.8, 4) is 11.1 Å². The second kappa shape index (κ2) is 14.0. The van der Waals surface area contributed by atoms with E-state index in [9.17, 15) is 0 Å². The molecule has 41 heavy (non-hydrogen) atoms. The van der Waals surface area contributed by atoms with Gasteiger partial charge in [0.25, 0.3) is 0 Å². The van der Waals surface area contributed by atoms with Gasteiger partial charge in [0, 0.05) is 61.7 Å². The number of allylic oxidation sites excluding steroid dienone is 3. The number of anilines is 2. The van der Waals surface area contributed by atoms with Gasteiger partial charge in [0.1, 0.15) is 5.82 Å². The number of hydrogen-bond acceptors (Lipinski definition) is 5. The maximum atomic E-state index is 7.37. The summed E-state index contributed by atoms with van der Waals surface area (Å²) in [6.07, 6.45) is 18.0. The highest BCUT2D eigenvalue weighted by Gasteiger charge is 2.22. The van der Waals surface area contributed by atoms with E-state index in [4.69, 9.17) is 10.4 Å². The molecule has 2 heterocycles. The Morgan fingerprint density at radius 2 is 1.76 bits per heavy atom. The van der Waals surface area contributed by atoms with Crippen molar-refractivity contribution in [1.29, 1.82) is 5.41 Å². The molecular formula is C36H43N5. The van der Waals surface area contributed by atoms with E-state index in [1.54, 1.807) is 6.08 Å². The number of nitrogens with zero attached hydrogens (tertiary/aromatic N) is 3. The minimum Gasteiger partial charge on any atom is -0.388 e. The van der Waals surface area contributed by atoms with Gasteiger partial charge in [-0.05, 0) is 84.7 Å². The molecule has 0 spiro atoms. The molecule has 5 heteroatoms. The summed E-state index contributed by atoms with van der Waals surface area (Å²) in [6, 6.07) is 22.0. The second-order valence-electron chi connectivity index (χ2n) is 11.2. The zero-order valence-corrected chi connectivity index (χ0v) is 24.4. The van der Waals surface area contributed by atoms with Crippen molar-refractivity contribution in [2.75, 3.05) is 29.9 Å². The van der Waals surface area contributed by atoms with Crippen LogP contribution in [0.15, 0.2) is 97.0 Å². The molecule has 1 aliphatic carbocycles. The van der Waals surface area contributed by atoms with Crippen LogP contribution in [0.1, 0.15) is 56.1 Å². The number of rotatable bonds is 11. The van der Waals surface area contributed by atoms with Crippen LogP contribution in [0.25, 0.3) is 17.2 Å². The number of pyridine rings is 1. The monoisotopic (exact) mass is 545 g/mol. The summed E-state index contributed by atoms with van der Waals surface area (Å²) < 4.78 is 0. The van der Waals surface area contributed by atoms with Crippen LogP contribution in [0, 0.1) is 11.3 Å². The minimum atomic E-state index is 0.522. The Labute approximate surface area is 245 Å². The zero-order chi connectivity index (χ0) is 28.4. The normalized spacial score (nSPS) is 16.2. The smallest absolute Gasteiger partial charge is 0.128 e. The fourth-order valence-electron chi connectivity index (χ4n) is 5.98. The fourth-order valence-corrected chi connectivity index (χ4v) is 5.98. The number of likely N-dealkylation sites (N-methyl/N-ethyl adjacent to an activating group) is 1. The van der Waals surface area contributed by atoms with Crippen LogP contribution in [0.5, 0.6) is 0 Å². The first-order chi connectivity index (χ1) is 20.1. The highest BCUT2D eigenvalue weighted by Crippen LogP contribution is 2.35. The van der Waals surface area contributed by atoms with Crippen molar-refractivity contribution >= 4 is 23.8 Å². The highest BCUT2D eigenvalue weighted by atomic mass is 15.2. The maximum Gasteiger partial charge on any atom is 0.128 e. The van der Waals surface area contributed by atoms with Crippen molar-refractivity contribution in [3.63, 3.8) is 0 Å². The Kier molecular flexibility index (Phi) is 9.69. The van der Waals surface area contributed by atoms with Crippen molar-refractivity contribution in [2.45, 2.75) is 51.5 Å². The van der Waals surface area contributed by atoms with E-state index in [-0.39, 0.29) is 0 Å². The standard InChI is InChI=1S/C36H43N5/c1-28(31-10-4-3-5-11-31)41(35-12-8-9-29(25-35)15-19-34(38-2)21-22-37)27-30-13-16-32(17-14-30)33-18-20-36(39-26-33)40-23-6-7-24-40/h8-9,12-22,25-26,31,37-38H,1,3-7,10-11,23-24,27H2,2H3/b19-15+,34-21-,37-22?. The van der Waals surface area contributed by atoms with E-state index < -0.39 is 0 Å². The van der Waals surface area contributed by atoms with Crippen molar-refractivity contribution < 1.29 is 0 Å². The quantitative estimate of drug-likeness (QED) is 0.188. The Balaban J connectivity index is 1.36. The second-order valence-corrected chi connectivity index (χ2v) is 11.2. The van der Waals surface area contributed by atoms with Gasteiger partial charge in [-0.1, -0.05) is 68.3 Å². The van der Waals surface area contributed by atoms with Crippen LogP contribution in [0.3, 0.4) is 0 Å². The van der Waals surface area contributed by atoms with E-state index in [1.807, 2.05) is 19.3 Å². The minimum absolute atomic E-state index is 0.522. The predicted molar refractivity (Wildman–Crippen MR) is 174 cm³/mol. The third-order valence-corrected chi connectivity index (χ3v) is 8.42. The van der Waals surface area contributed by atoms with E-state index >= 15 is 0 Å². The molecule has 1 aliphatic heterocycles. The van der Waals surface area contributed by atoms with Crippen LogP contribution >= 0.6 is 0 Å². The third kappa shape index (κ3) is 7.35. The Morgan fingerprint density at radius 3 is 2.44 bits per heavy atom. The molecule has 5 rings (SSSR count). The summed E-state index contributed by atoms with van der Waals surface area (Å²) in [6.45, 7) is 7.66. The van der Waals surface area contributed by atoms with Gasteiger partial charge in [0.15, 0.2) is 0 Å². The van der Waals surface area contributed by atoms with Crippen LogP contribution in [0.2, 0.25) is 0 Å². The van der Waals surface area contributed by atoms with E-state index in [2.05, 4.69) is 88.4 Å². The largest absolute Gasteiger partial charge is 0.388 e.